The van der Waals surface area contributed by atoms with E-state index in [4.69, 9.17) is 11.6 Å². The standard InChI is InChI=1S/C14H12ClN3O4/c1-9-6-10(15)2-4-12(9)16-13(19)8-17-7-11(18(21)22)3-5-14(17)20/h2-7H,8H2,1H3,(H,16,19). The second kappa shape index (κ2) is 6.40. The molecular formula is C14H12ClN3O4. The summed E-state index contributed by atoms with van der Waals surface area (Å²) in [6.07, 6.45) is 1.04. The van der Waals surface area contributed by atoms with Gasteiger partial charge in [-0.25, -0.2) is 0 Å². The number of rotatable bonds is 4. The van der Waals surface area contributed by atoms with Gasteiger partial charge in [-0.2, -0.15) is 0 Å². The monoisotopic (exact) mass is 321 g/mol. The molecule has 114 valence electrons. The number of pyridine rings is 1. The largest absolute Gasteiger partial charge is 0.324 e. The van der Waals surface area contributed by atoms with Crippen molar-refractivity contribution in [3.05, 3.63) is 67.6 Å². The number of nitrogens with zero attached hydrogens (tertiary/aromatic N) is 2. The maximum atomic E-state index is 12.0. The van der Waals surface area contributed by atoms with E-state index in [9.17, 15) is 19.7 Å². The number of nitro groups is 1. The summed E-state index contributed by atoms with van der Waals surface area (Å²) >= 11 is 5.83. The highest BCUT2D eigenvalue weighted by Crippen LogP contribution is 2.19. The van der Waals surface area contributed by atoms with Crippen molar-refractivity contribution in [3.8, 4) is 0 Å². The number of amides is 1. The molecule has 0 bridgehead atoms. The van der Waals surface area contributed by atoms with E-state index in [2.05, 4.69) is 5.32 Å². The van der Waals surface area contributed by atoms with Gasteiger partial charge in [0.25, 0.3) is 11.2 Å². The lowest BCUT2D eigenvalue weighted by Crippen LogP contribution is -2.27. The lowest BCUT2D eigenvalue weighted by atomic mass is 10.2. The highest BCUT2D eigenvalue weighted by molar-refractivity contribution is 6.30. The van der Waals surface area contributed by atoms with Crippen LogP contribution in [0.3, 0.4) is 0 Å². The highest BCUT2D eigenvalue weighted by Gasteiger charge is 2.11. The minimum atomic E-state index is -0.628. The van der Waals surface area contributed by atoms with E-state index in [1.54, 1.807) is 25.1 Å². The van der Waals surface area contributed by atoms with Crippen LogP contribution < -0.4 is 10.9 Å². The van der Waals surface area contributed by atoms with Gasteiger partial charge in [0.15, 0.2) is 0 Å². The van der Waals surface area contributed by atoms with Crippen molar-refractivity contribution in [2.24, 2.45) is 0 Å². The second-order valence-electron chi connectivity index (χ2n) is 4.62. The zero-order valence-corrected chi connectivity index (χ0v) is 12.3. The minimum absolute atomic E-state index is 0.255. The predicted molar refractivity (Wildman–Crippen MR) is 82.2 cm³/mol. The summed E-state index contributed by atoms with van der Waals surface area (Å²) in [5.74, 6) is -0.465. The number of carbonyl (C=O) groups is 1. The van der Waals surface area contributed by atoms with E-state index in [0.29, 0.717) is 10.7 Å². The van der Waals surface area contributed by atoms with E-state index in [-0.39, 0.29) is 12.2 Å². The number of benzene rings is 1. The van der Waals surface area contributed by atoms with Crippen molar-refractivity contribution in [2.75, 3.05) is 5.32 Å². The van der Waals surface area contributed by atoms with E-state index in [1.165, 1.54) is 0 Å². The van der Waals surface area contributed by atoms with Gasteiger partial charge < -0.3 is 5.32 Å². The summed E-state index contributed by atoms with van der Waals surface area (Å²) in [6.45, 7) is 1.46. The van der Waals surface area contributed by atoms with Gasteiger partial charge in [-0.05, 0) is 30.7 Å². The number of aryl methyl sites for hydroxylation is 1. The lowest BCUT2D eigenvalue weighted by molar-refractivity contribution is -0.385. The topological polar surface area (TPSA) is 94.2 Å². The van der Waals surface area contributed by atoms with Crippen molar-refractivity contribution in [2.45, 2.75) is 13.5 Å². The Bertz CT molecular complexity index is 801. The average Bonchev–Trinajstić information content (AvgIpc) is 2.44. The number of nitrogens with one attached hydrogen (secondary N) is 1. The van der Waals surface area contributed by atoms with Crippen LogP contribution in [0.25, 0.3) is 0 Å². The van der Waals surface area contributed by atoms with Crippen LogP contribution in [0.4, 0.5) is 11.4 Å². The molecule has 8 heteroatoms. The SMILES string of the molecule is Cc1cc(Cl)ccc1NC(=O)Cn1cc([N+](=O)[O-])ccc1=O. The number of halogens is 1. The van der Waals surface area contributed by atoms with Crippen LogP contribution in [0, 0.1) is 17.0 Å². The molecule has 0 atom stereocenters. The third kappa shape index (κ3) is 3.70. The fourth-order valence-corrected chi connectivity index (χ4v) is 2.09. The maximum absolute atomic E-state index is 12.0. The van der Waals surface area contributed by atoms with Gasteiger partial charge >= 0.3 is 0 Å². The first-order valence-electron chi connectivity index (χ1n) is 6.27. The van der Waals surface area contributed by atoms with Crippen molar-refractivity contribution >= 4 is 28.9 Å². The molecule has 7 nitrogen and oxygen atoms in total. The van der Waals surface area contributed by atoms with Crippen molar-refractivity contribution < 1.29 is 9.72 Å². The summed E-state index contributed by atoms with van der Waals surface area (Å²) in [7, 11) is 0. The molecular weight excluding hydrogens is 310 g/mol. The van der Waals surface area contributed by atoms with E-state index >= 15 is 0 Å². The molecule has 1 heterocycles. The zero-order chi connectivity index (χ0) is 16.3. The highest BCUT2D eigenvalue weighted by atomic mass is 35.5. The third-order valence-corrected chi connectivity index (χ3v) is 3.19. The number of hydrogen-bond donors (Lipinski definition) is 1. The summed E-state index contributed by atoms with van der Waals surface area (Å²) < 4.78 is 0.985. The molecule has 2 aromatic rings. The Morgan fingerprint density at radius 2 is 2.09 bits per heavy atom. The molecule has 1 amide bonds. The Labute approximate surface area is 130 Å². The van der Waals surface area contributed by atoms with Gasteiger partial charge in [-0.15, -0.1) is 0 Å². The zero-order valence-electron chi connectivity index (χ0n) is 11.6. The Morgan fingerprint density at radius 1 is 1.36 bits per heavy atom. The molecule has 1 N–H and O–H groups in total. The Balaban J connectivity index is 2.17. The molecule has 22 heavy (non-hydrogen) atoms. The molecule has 0 aliphatic heterocycles. The first-order chi connectivity index (χ1) is 10.4. The quantitative estimate of drug-likeness (QED) is 0.690. The lowest BCUT2D eigenvalue weighted by Gasteiger charge is -2.09. The number of carbonyl (C=O) groups excluding carboxylic acids is 1. The molecule has 0 spiro atoms. The first-order valence-corrected chi connectivity index (χ1v) is 6.65. The summed E-state index contributed by atoms with van der Waals surface area (Å²) in [6, 6.07) is 7.12. The Kier molecular flexibility index (Phi) is 4.57. The molecule has 0 saturated heterocycles. The van der Waals surface area contributed by atoms with Gasteiger partial charge in [-0.3, -0.25) is 24.3 Å². The van der Waals surface area contributed by atoms with Gasteiger partial charge in [0.1, 0.15) is 6.54 Å². The molecule has 1 aromatic carbocycles. The van der Waals surface area contributed by atoms with E-state index in [1.807, 2.05) is 0 Å². The van der Waals surface area contributed by atoms with Crippen LogP contribution >= 0.6 is 11.6 Å². The summed E-state index contributed by atoms with van der Waals surface area (Å²) in [4.78, 5) is 33.7. The van der Waals surface area contributed by atoms with E-state index < -0.39 is 16.4 Å². The maximum Gasteiger partial charge on any atom is 0.285 e. The molecule has 0 radical (unpaired) electrons. The Morgan fingerprint density at radius 3 is 2.73 bits per heavy atom. The minimum Gasteiger partial charge on any atom is -0.324 e. The van der Waals surface area contributed by atoms with Crippen molar-refractivity contribution in [1.29, 1.82) is 0 Å². The number of anilines is 1. The van der Waals surface area contributed by atoms with Gasteiger partial charge in [0.05, 0.1) is 11.1 Å². The first kappa shape index (κ1) is 15.7. The molecule has 0 fully saturated rings. The molecule has 1 aromatic heterocycles. The molecule has 2 rings (SSSR count). The fourth-order valence-electron chi connectivity index (χ4n) is 1.86. The molecule has 0 saturated carbocycles. The Hall–Kier alpha value is -2.67. The molecule has 0 aliphatic carbocycles. The summed E-state index contributed by atoms with van der Waals surface area (Å²) in [5.41, 5.74) is 0.587. The van der Waals surface area contributed by atoms with Crippen molar-refractivity contribution in [1.82, 2.24) is 4.57 Å². The van der Waals surface area contributed by atoms with Crippen LogP contribution in [-0.4, -0.2) is 15.4 Å². The average molecular weight is 322 g/mol. The molecule has 0 unspecified atom stereocenters. The van der Waals surface area contributed by atoms with E-state index in [0.717, 1.165) is 28.5 Å². The smallest absolute Gasteiger partial charge is 0.285 e. The second-order valence-corrected chi connectivity index (χ2v) is 5.05. The third-order valence-electron chi connectivity index (χ3n) is 2.96. The number of aromatic nitrogens is 1. The molecule has 0 aliphatic rings. The van der Waals surface area contributed by atoms with Gasteiger partial charge in [0.2, 0.25) is 5.91 Å². The fraction of sp³-hybridized carbons (Fsp3) is 0.143. The van der Waals surface area contributed by atoms with Gasteiger partial charge in [0, 0.05) is 22.8 Å². The van der Waals surface area contributed by atoms with Crippen LogP contribution in [0.1, 0.15) is 5.56 Å². The van der Waals surface area contributed by atoms with Gasteiger partial charge in [-0.1, -0.05) is 11.6 Å². The van der Waals surface area contributed by atoms with Crippen LogP contribution in [0.5, 0.6) is 0 Å². The summed E-state index contributed by atoms with van der Waals surface area (Å²) in [5, 5.41) is 13.9. The normalized spacial score (nSPS) is 10.3. The predicted octanol–water partition coefficient (Wildman–Crippen LogP) is 2.36. The van der Waals surface area contributed by atoms with Crippen molar-refractivity contribution in [3.63, 3.8) is 0 Å². The number of hydrogen-bond acceptors (Lipinski definition) is 4. The van der Waals surface area contributed by atoms with Crippen LogP contribution in [0.2, 0.25) is 5.02 Å². The van der Waals surface area contributed by atoms with Crippen LogP contribution in [-0.2, 0) is 11.3 Å². The van der Waals surface area contributed by atoms with Crippen LogP contribution in [0.15, 0.2) is 41.3 Å².